The summed E-state index contributed by atoms with van der Waals surface area (Å²) in [5, 5.41) is 0. The van der Waals surface area contributed by atoms with E-state index in [1.54, 1.807) is 6.92 Å². The average Bonchev–Trinajstić information content (AvgIpc) is 2.64. The monoisotopic (exact) mass is 222 g/mol. The fraction of sp³-hybridized carbons (Fsp3) is 0.667. The molecule has 0 saturated carbocycles. The molecule has 4 nitrogen and oxygen atoms in total. The summed E-state index contributed by atoms with van der Waals surface area (Å²) in [6, 6.07) is 0.585. The van der Waals surface area contributed by atoms with Crippen molar-refractivity contribution in [3.8, 4) is 0 Å². The van der Waals surface area contributed by atoms with Gasteiger partial charge in [-0.15, -0.1) is 0 Å². The van der Waals surface area contributed by atoms with Gasteiger partial charge in [-0.25, -0.2) is 4.98 Å². The Morgan fingerprint density at radius 3 is 2.56 bits per heavy atom. The third kappa shape index (κ3) is 1.84. The lowest BCUT2D eigenvalue weighted by molar-refractivity contribution is 0.0477. The molecule has 1 fully saturated rings. The van der Waals surface area contributed by atoms with Gasteiger partial charge < -0.3 is 9.32 Å². The summed E-state index contributed by atoms with van der Waals surface area (Å²) in [5.74, 6) is 0.371. The second-order valence-electron chi connectivity index (χ2n) is 4.61. The van der Waals surface area contributed by atoms with Crippen molar-refractivity contribution in [2.75, 3.05) is 0 Å². The van der Waals surface area contributed by atoms with Gasteiger partial charge in [0.1, 0.15) is 0 Å². The number of amides is 1. The van der Waals surface area contributed by atoms with E-state index in [1.807, 2.05) is 4.90 Å². The first-order valence-electron chi connectivity index (χ1n) is 5.84. The van der Waals surface area contributed by atoms with E-state index in [2.05, 4.69) is 18.8 Å². The zero-order valence-electron chi connectivity index (χ0n) is 10.1. The van der Waals surface area contributed by atoms with Crippen LogP contribution in [0.4, 0.5) is 0 Å². The normalized spacial score (nSPS) is 25.8. The zero-order chi connectivity index (χ0) is 11.7. The number of carbonyl (C=O) groups excluding carboxylic acids is 1. The highest BCUT2D eigenvalue weighted by Crippen LogP contribution is 2.25. The molecule has 88 valence electrons. The van der Waals surface area contributed by atoms with Gasteiger partial charge in [0.15, 0.2) is 6.39 Å². The Bertz CT molecular complexity index is 376. The summed E-state index contributed by atoms with van der Waals surface area (Å²) < 4.78 is 5.17. The lowest BCUT2D eigenvalue weighted by Gasteiger charge is -2.38. The minimum Gasteiger partial charge on any atom is -0.438 e. The van der Waals surface area contributed by atoms with E-state index in [1.165, 1.54) is 12.8 Å². The number of hydrogen-bond acceptors (Lipinski definition) is 3. The van der Waals surface area contributed by atoms with Crippen LogP contribution in [0.5, 0.6) is 0 Å². The molecule has 4 heteroatoms. The Labute approximate surface area is 95.6 Å². The van der Waals surface area contributed by atoms with Crippen LogP contribution in [-0.4, -0.2) is 27.9 Å². The van der Waals surface area contributed by atoms with Crippen molar-refractivity contribution in [3.05, 3.63) is 17.8 Å². The van der Waals surface area contributed by atoms with E-state index in [0.29, 0.717) is 23.5 Å². The van der Waals surface area contributed by atoms with Gasteiger partial charge in [-0.3, -0.25) is 4.79 Å². The number of aryl methyl sites for hydroxylation is 1. The van der Waals surface area contributed by atoms with Gasteiger partial charge in [0.05, 0.1) is 5.69 Å². The van der Waals surface area contributed by atoms with Gasteiger partial charge in [-0.2, -0.15) is 0 Å². The number of aromatic nitrogens is 1. The van der Waals surface area contributed by atoms with Crippen LogP contribution in [-0.2, 0) is 0 Å². The van der Waals surface area contributed by atoms with Gasteiger partial charge in [0.25, 0.3) is 5.91 Å². The van der Waals surface area contributed by atoms with Crippen LogP contribution in [0.15, 0.2) is 10.8 Å². The molecular weight excluding hydrogens is 204 g/mol. The van der Waals surface area contributed by atoms with Crippen LogP contribution in [0.3, 0.4) is 0 Å². The Morgan fingerprint density at radius 1 is 1.44 bits per heavy atom. The maximum absolute atomic E-state index is 12.3. The van der Waals surface area contributed by atoms with E-state index < -0.39 is 0 Å². The van der Waals surface area contributed by atoms with Gasteiger partial charge in [0.2, 0.25) is 5.76 Å². The third-order valence-corrected chi connectivity index (χ3v) is 3.37. The standard InChI is InChI=1S/C12H18N2O2/c1-8-5-4-6-9(2)14(8)12(15)11-10(3)13-7-16-11/h7-9H,4-6H2,1-3H3. The molecule has 2 rings (SSSR count). The molecule has 2 unspecified atom stereocenters. The summed E-state index contributed by atoms with van der Waals surface area (Å²) in [6.07, 6.45) is 4.68. The molecule has 1 aromatic rings. The van der Waals surface area contributed by atoms with Gasteiger partial charge in [-0.1, -0.05) is 0 Å². The number of nitrogens with zero attached hydrogens (tertiary/aromatic N) is 2. The lowest BCUT2D eigenvalue weighted by Crippen LogP contribution is -2.47. The van der Waals surface area contributed by atoms with Gasteiger partial charge >= 0.3 is 0 Å². The maximum Gasteiger partial charge on any atom is 0.292 e. The molecule has 1 aliphatic rings. The number of oxazole rings is 1. The van der Waals surface area contributed by atoms with Crippen molar-refractivity contribution >= 4 is 5.91 Å². The topological polar surface area (TPSA) is 46.3 Å². The molecule has 0 aromatic carbocycles. The molecular formula is C12H18N2O2. The Hall–Kier alpha value is -1.32. The molecule has 0 radical (unpaired) electrons. The molecule has 0 N–H and O–H groups in total. The second kappa shape index (κ2) is 4.28. The van der Waals surface area contributed by atoms with Crippen LogP contribution >= 0.6 is 0 Å². The predicted molar refractivity (Wildman–Crippen MR) is 60.2 cm³/mol. The van der Waals surface area contributed by atoms with Crippen LogP contribution < -0.4 is 0 Å². The van der Waals surface area contributed by atoms with Crippen molar-refractivity contribution < 1.29 is 9.21 Å². The first-order chi connectivity index (χ1) is 7.61. The van der Waals surface area contributed by atoms with E-state index >= 15 is 0 Å². The number of likely N-dealkylation sites (tertiary alicyclic amines) is 1. The molecule has 0 bridgehead atoms. The number of piperidine rings is 1. The fourth-order valence-electron chi connectivity index (χ4n) is 2.45. The minimum atomic E-state index is -0.0188. The largest absolute Gasteiger partial charge is 0.438 e. The van der Waals surface area contributed by atoms with Crippen molar-refractivity contribution in [2.45, 2.75) is 52.1 Å². The Balaban J connectivity index is 2.23. The first kappa shape index (κ1) is 11.2. The van der Waals surface area contributed by atoms with Gasteiger partial charge in [-0.05, 0) is 40.0 Å². The summed E-state index contributed by atoms with van der Waals surface area (Å²) >= 11 is 0. The Kier molecular flexibility index (Phi) is 2.99. The van der Waals surface area contributed by atoms with Crippen LogP contribution in [0.2, 0.25) is 0 Å². The van der Waals surface area contributed by atoms with Crippen molar-refractivity contribution in [2.24, 2.45) is 0 Å². The van der Waals surface area contributed by atoms with E-state index in [4.69, 9.17) is 4.42 Å². The summed E-state index contributed by atoms with van der Waals surface area (Å²) in [6.45, 7) is 5.99. The second-order valence-corrected chi connectivity index (χ2v) is 4.61. The molecule has 1 aliphatic heterocycles. The zero-order valence-corrected chi connectivity index (χ0v) is 10.1. The lowest BCUT2D eigenvalue weighted by atomic mass is 9.97. The van der Waals surface area contributed by atoms with Crippen molar-refractivity contribution in [1.29, 1.82) is 0 Å². The SMILES string of the molecule is Cc1ncoc1C(=O)N1C(C)CCCC1C. The van der Waals surface area contributed by atoms with Crippen molar-refractivity contribution in [1.82, 2.24) is 9.88 Å². The van der Waals surface area contributed by atoms with Crippen LogP contribution in [0.25, 0.3) is 0 Å². The number of carbonyl (C=O) groups is 1. The summed E-state index contributed by atoms with van der Waals surface area (Å²) in [5.41, 5.74) is 0.676. The number of rotatable bonds is 1. The maximum atomic E-state index is 12.3. The van der Waals surface area contributed by atoms with E-state index in [-0.39, 0.29) is 5.91 Å². The van der Waals surface area contributed by atoms with E-state index in [9.17, 15) is 4.79 Å². The third-order valence-electron chi connectivity index (χ3n) is 3.37. The minimum absolute atomic E-state index is 0.0188. The molecule has 2 heterocycles. The highest BCUT2D eigenvalue weighted by atomic mass is 16.3. The summed E-state index contributed by atoms with van der Waals surface area (Å²) in [4.78, 5) is 18.2. The number of hydrogen-bond donors (Lipinski definition) is 0. The highest BCUT2D eigenvalue weighted by Gasteiger charge is 2.32. The van der Waals surface area contributed by atoms with Crippen LogP contribution in [0, 0.1) is 6.92 Å². The van der Waals surface area contributed by atoms with E-state index in [0.717, 1.165) is 12.8 Å². The molecule has 0 spiro atoms. The first-order valence-corrected chi connectivity index (χ1v) is 5.84. The quantitative estimate of drug-likeness (QED) is 0.733. The molecule has 1 saturated heterocycles. The van der Waals surface area contributed by atoms with Crippen LogP contribution in [0.1, 0.15) is 49.4 Å². The Morgan fingerprint density at radius 2 is 2.06 bits per heavy atom. The van der Waals surface area contributed by atoms with Gasteiger partial charge in [0, 0.05) is 12.1 Å². The highest BCUT2D eigenvalue weighted by molar-refractivity contribution is 5.92. The predicted octanol–water partition coefficient (Wildman–Crippen LogP) is 2.39. The summed E-state index contributed by atoms with van der Waals surface area (Å²) in [7, 11) is 0. The molecule has 1 amide bonds. The smallest absolute Gasteiger partial charge is 0.292 e. The molecule has 16 heavy (non-hydrogen) atoms. The van der Waals surface area contributed by atoms with Crippen molar-refractivity contribution in [3.63, 3.8) is 0 Å². The molecule has 2 atom stereocenters. The average molecular weight is 222 g/mol. The molecule has 1 aromatic heterocycles. The fourth-order valence-corrected chi connectivity index (χ4v) is 2.45. The molecule has 0 aliphatic carbocycles.